The minimum Gasteiger partial charge on any atom is -0.359 e. The van der Waals surface area contributed by atoms with Gasteiger partial charge >= 0.3 is 8.75 Å². The van der Waals surface area contributed by atoms with Crippen LogP contribution in [0.4, 0.5) is 0 Å². The first-order chi connectivity index (χ1) is 16.6. The van der Waals surface area contributed by atoms with E-state index in [9.17, 15) is 33.7 Å². The highest BCUT2D eigenvalue weighted by Gasteiger charge is 2.52. The van der Waals surface area contributed by atoms with Crippen molar-refractivity contribution in [3.63, 3.8) is 0 Å². The number of sulfone groups is 4. The van der Waals surface area contributed by atoms with Gasteiger partial charge in [0.2, 0.25) is 0 Å². The van der Waals surface area contributed by atoms with E-state index >= 15 is 0 Å². The quantitative estimate of drug-likeness (QED) is 0.182. The maximum Gasteiger partial charge on any atom is 0.495 e. The summed E-state index contributed by atoms with van der Waals surface area (Å²) in [6, 6.07) is 0. The summed E-state index contributed by atoms with van der Waals surface area (Å²) in [6.07, 6.45) is 2.97. The Morgan fingerprint density at radius 3 is 1.35 bits per heavy atom. The zero-order chi connectivity index (χ0) is 29.5. The summed E-state index contributed by atoms with van der Waals surface area (Å²) >= 11 is 0. The van der Waals surface area contributed by atoms with Crippen molar-refractivity contribution in [3.05, 3.63) is 11.1 Å². The van der Waals surface area contributed by atoms with Crippen LogP contribution >= 0.6 is 0 Å². The molecule has 0 aliphatic heterocycles. The molecule has 1 saturated carbocycles. The van der Waals surface area contributed by atoms with Crippen LogP contribution in [0.5, 0.6) is 0 Å². The summed E-state index contributed by atoms with van der Waals surface area (Å²) in [4.78, 5) is 5.11. The topological polar surface area (TPSA) is 209 Å². The first-order valence-electron chi connectivity index (χ1n) is 12.0. The zero-order valence-corrected chi connectivity index (χ0v) is 25.8. The minimum absolute atomic E-state index is 0.119. The van der Waals surface area contributed by atoms with Gasteiger partial charge in [0, 0.05) is 0 Å². The molecule has 1 aliphatic carbocycles. The average Bonchev–Trinajstić information content (AvgIpc) is 3.27. The Balaban J connectivity index is 0.000000701. The Hall–Kier alpha value is -1.44. The second kappa shape index (κ2) is 13.6. The summed E-state index contributed by atoms with van der Waals surface area (Å²) in [5.74, 6) is -0.420. The molecule has 0 aromatic rings. The molecule has 12 nitrogen and oxygen atoms in total. The third-order valence-corrected chi connectivity index (χ3v) is 15.4. The van der Waals surface area contributed by atoms with Gasteiger partial charge < -0.3 is 11.1 Å². The van der Waals surface area contributed by atoms with E-state index in [1.807, 2.05) is 27.7 Å². The van der Waals surface area contributed by atoms with Crippen molar-refractivity contribution in [2.75, 3.05) is 11.5 Å². The fourth-order valence-electron chi connectivity index (χ4n) is 3.14. The fraction of sp³-hybridized carbons (Fsp3) is 0.905. The van der Waals surface area contributed by atoms with E-state index in [2.05, 4.69) is 9.58 Å². The van der Waals surface area contributed by atoms with Gasteiger partial charge in [0.05, 0.1) is 21.5 Å². The van der Waals surface area contributed by atoms with E-state index in [0.717, 1.165) is 12.8 Å². The van der Waals surface area contributed by atoms with Crippen molar-refractivity contribution >= 4 is 48.1 Å². The lowest BCUT2D eigenvalue weighted by Crippen LogP contribution is -2.41. The molecule has 216 valence electrons. The SMILES string of the molecule is CC(C)(C)S(=O)(=O)C(=[N+]=[N-])S(=O)(=O)C1CCCC1.CC(C)CCS(=O)(=O)C(=[N+]=[N-])S(=O)(=O)CCC(C)C. The molecule has 0 saturated heterocycles. The van der Waals surface area contributed by atoms with Gasteiger partial charge in [-0.05, 0) is 58.3 Å². The minimum atomic E-state index is -4.17. The van der Waals surface area contributed by atoms with Crippen LogP contribution in [0.3, 0.4) is 0 Å². The van der Waals surface area contributed by atoms with Gasteiger partial charge in [0.15, 0.2) is 0 Å². The van der Waals surface area contributed by atoms with Crippen molar-refractivity contribution in [3.8, 4) is 0 Å². The molecule has 1 fully saturated rings. The van der Waals surface area contributed by atoms with Gasteiger partial charge in [-0.15, -0.1) is 9.58 Å². The molecule has 0 aromatic carbocycles. The van der Waals surface area contributed by atoms with E-state index in [-0.39, 0.29) is 23.3 Å². The van der Waals surface area contributed by atoms with Crippen molar-refractivity contribution in [2.45, 2.75) is 97.0 Å². The summed E-state index contributed by atoms with van der Waals surface area (Å²) < 4.78 is 92.7. The lowest BCUT2D eigenvalue weighted by molar-refractivity contribution is 0.00336. The normalized spacial score (nSPS) is 15.6. The predicted molar refractivity (Wildman–Crippen MR) is 144 cm³/mol. The fourth-order valence-corrected chi connectivity index (χ4v) is 11.7. The Bertz CT molecular complexity index is 1280. The van der Waals surface area contributed by atoms with Crippen LogP contribution in [-0.4, -0.2) is 73.5 Å². The van der Waals surface area contributed by atoms with Gasteiger partial charge in [-0.1, -0.05) is 40.5 Å². The van der Waals surface area contributed by atoms with E-state index < -0.39 is 58.1 Å². The number of rotatable bonds is 7. The van der Waals surface area contributed by atoms with Gasteiger partial charge in [0.1, 0.15) is 0 Å². The first-order valence-corrected chi connectivity index (χ1v) is 18.3. The molecule has 0 amide bonds. The molecule has 0 atom stereocenters. The van der Waals surface area contributed by atoms with Crippen molar-refractivity contribution in [1.82, 2.24) is 0 Å². The highest BCUT2D eigenvalue weighted by molar-refractivity contribution is 8.31. The monoisotopic (exact) mass is 604 g/mol. The molecular formula is C21H40N4O8S4. The van der Waals surface area contributed by atoms with E-state index in [4.69, 9.17) is 11.1 Å². The van der Waals surface area contributed by atoms with Crippen LogP contribution in [0.15, 0.2) is 0 Å². The molecule has 0 radical (unpaired) electrons. The summed E-state index contributed by atoms with van der Waals surface area (Å²) in [5, 5.41) is -0.750. The molecule has 1 aliphatic rings. The summed E-state index contributed by atoms with van der Waals surface area (Å²) in [7, 11) is -16.4. The average molecular weight is 605 g/mol. The maximum absolute atomic E-state index is 12.2. The largest absolute Gasteiger partial charge is 0.495 e. The molecule has 0 bridgehead atoms. The molecule has 1 rings (SSSR count). The Labute approximate surface area is 222 Å². The van der Waals surface area contributed by atoms with Gasteiger partial charge in [-0.25, -0.2) is 33.7 Å². The van der Waals surface area contributed by atoms with Crippen LogP contribution in [0.2, 0.25) is 0 Å². The molecule has 37 heavy (non-hydrogen) atoms. The standard InChI is InChI=1S/C11H22N2O4S2.C10H18N2O4S2/c1-9(2)5-7-18(14,15)11(13-12)19(16,17)8-6-10(3)4;1-10(2,3)18(15,16)9(12-11)17(13,14)8-6-4-5-7-8/h9-10H,5-8H2,1-4H3;8H,4-7H2,1-3H3. The zero-order valence-electron chi connectivity index (χ0n) is 22.6. The Kier molecular flexibility index (Phi) is 13.0. The van der Waals surface area contributed by atoms with Crippen LogP contribution in [0.1, 0.15) is 87.0 Å². The van der Waals surface area contributed by atoms with Crippen LogP contribution in [0.25, 0.3) is 11.1 Å². The Morgan fingerprint density at radius 2 is 1.08 bits per heavy atom. The van der Waals surface area contributed by atoms with Crippen molar-refractivity contribution in [2.24, 2.45) is 11.8 Å². The molecule has 0 N–H and O–H groups in total. The van der Waals surface area contributed by atoms with E-state index in [0.29, 0.717) is 25.7 Å². The number of nitrogens with zero attached hydrogens (tertiary/aromatic N) is 4. The number of hydrogen-bond donors (Lipinski definition) is 0. The van der Waals surface area contributed by atoms with Gasteiger partial charge in [0.25, 0.3) is 39.3 Å². The highest BCUT2D eigenvalue weighted by atomic mass is 32.3. The van der Waals surface area contributed by atoms with E-state index in [1.165, 1.54) is 20.8 Å². The van der Waals surface area contributed by atoms with Crippen LogP contribution in [0, 0.1) is 11.8 Å². The van der Waals surface area contributed by atoms with Gasteiger partial charge in [-0.2, -0.15) is 0 Å². The summed E-state index contributed by atoms with van der Waals surface area (Å²) in [5.41, 5.74) is 17.6. The van der Waals surface area contributed by atoms with Crippen LogP contribution in [-0.2, 0) is 39.3 Å². The van der Waals surface area contributed by atoms with Gasteiger partial charge in [-0.3, -0.25) is 0 Å². The molecule has 16 heteroatoms. The highest BCUT2D eigenvalue weighted by Crippen LogP contribution is 2.29. The third kappa shape index (κ3) is 9.99. The maximum atomic E-state index is 12.2. The molecular weight excluding hydrogens is 565 g/mol. The molecule has 0 heterocycles. The predicted octanol–water partition coefficient (Wildman–Crippen LogP) is 2.64. The molecule has 0 spiro atoms. The lowest BCUT2D eigenvalue weighted by atomic mass is 10.2. The molecule has 0 aromatic heterocycles. The second-order valence-electron chi connectivity index (χ2n) is 10.8. The molecule has 0 unspecified atom stereocenters. The first kappa shape index (κ1) is 35.6. The van der Waals surface area contributed by atoms with Crippen molar-refractivity contribution in [1.29, 1.82) is 0 Å². The van der Waals surface area contributed by atoms with E-state index in [1.54, 1.807) is 0 Å². The third-order valence-electron chi connectivity index (χ3n) is 5.64. The van der Waals surface area contributed by atoms with Crippen LogP contribution < -0.4 is 0 Å². The second-order valence-corrected chi connectivity index (χ2v) is 20.1. The Morgan fingerprint density at radius 1 is 0.730 bits per heavy atom. The number of hydrogen-bond acceptors (Lipinski definition) is 8. The summed E-state index contributed by atoms with van der Waals surface area (Å²) in [6.45, 7) is 11.4. The lowest BCUT2D eigenvalue weighted by Gasteiger charge is -2.16. The smallest absolute Gasteiger partial charge is 0.359 e. The van der Waals surface area contributed by atoms with Crippen molar-refractivity contribution < 1.29 is 43.3 Å².